The fourth-order valence-electron chi connectivity index (χ4n) is 2.97. The van der Waals surface area contributed by atoms with E-state index in [1.807, 2.05) is 0 Å². The number of aromatic nitrogens is 2. The second-order valence-corrected chi connectivity index (χ2v) is 6.27. The molecule has 0 bridgehead atoms. The van der Waals surface area contributed by atoms with Crippen LogP contribution in [-0.2, 0) is 6.18 Å². The molecule has 158 valence electrons. The van der Waals surface area contributed by atoms with Gasteiger partial charge in [0, 0.05) is 0 Å². The Kier molecular flexibility index (Phi) is 6.16. The van der Waals surface area contributed by atoms with Crippen LogP contribution in [0.4, 0.5) is 22.0 Å². The summed E-state index contributed by atoms with van der Waals surface area (Å²) in [5.74, 6) is -1.41. The lowest BCUT2D eigenvalue weighted by Crippen LogP contribution is -2.32. The van der Waals surface area contributed by atoms with Gasteiger partial charge in [0.05, 0.1) is 23.9 Å². The maximum Gasteiger partial charge on any atom is 0.436 e. The summed E-state index contributed by atoms with van der Waals surface area (Å²) in [6.07, 6.45) is -8.57. The van der Waals surface area contributed by atoms with E-state index >= 15 is 0 Å². The summed E-state index contributed by atoms with van der Waals surface area (Å²) in [7, 11) is 0. The van der Waals surface area contributed by atoms with Crippen LogP contribution in [-0.4, -0.2) is 27.4 Å². The van der Waals surface area contributed by atoms with Crippen molar-refractivity contribution >= 4 is 5.91 Å². The number of hydrogen-bond acceptors (Lipinski definition) is 3. The Morgan fingerprint density at radius 1 is 1.03 bits per heavy atom. The molecule has 0 radical (unpaired) electrons. The summed E-state index contributed by atoms with van der Waals surface area (Å²) in [6, 6.07) is 13.9. The largest absolute Gasteiger partial charge is 0.436 e. The Labute approximate surface area is 167 Å². The first kappa shape index (κ1) is 21.4. The Balaban J connectivity index is 2.12. The zero-order valence-electron chi connectivity index (χ0n) is 15.3. The van der Waals surface area contributed by atoms with E-state index in [2.05, 4.69) is 10.4 Å². The molecule has 3 rings (SSSR count). The summed E-state index contributed by atoms with van der Waals surface area (Å²) >= 11 is 0. The van der Waals surface area contributed by atoms with Crippen LogP contribution in [0.15, 0.2) is 60.7 Å². The van der Waals surface area contributed by atoms with Crippen molar-refractivity contribution in [2.24, 2.45) is 0 Å². The third kappa shape index (κ3) is 4.33. The van der Waals surface area contributed by atoms with Gasteiger partial charge in [-0.1, -0.05) is 48.5 Å². The van der Waals surface area contributed by atoms with Crippen LogP contribution in [0.25, 0.3) is 5.69 Å². The van der Waals surface area contributed by atoms with E-state index in [1.165, 1.54) is 36.4 Å². The van der Waals surface area contributed by atoms with Crippen molar-refractivity contribution in [1.82, 2.24) is 15.1 Å². The molecule has 1 atom stereocenters. The summed E-state index contributed by atoms with van der Waals surface area (Å²) in [5.41, 5.74) is -3.86. The van der Waals surface area contributed by atoms with E-state index in [0.717, 1.165) is 0 Å². The van der Waals surface area contributed by atoms with E-state index in [4.69, 9.17) is 0 Å². The highest BCUT2D eigenvalue weighted by atomic mass is 19.4. The minimum Gasteiger partial charge on any atom is -0.394 e. The predicted octanol–water partition coefficient (Wildman–Crippen LogP) is 4.29. The van der Waals surface area contributed by atoms with Crippen LogP contribution in [0.1, 0.15) is 39.8 Å². The average Bonchev–Trinajstić information content (AvgIpc) is 3.15. The molecule has 0 unspecified atom stereocenters. The monoisotopic (exact) mass is 425 g/mol. The molecule has 5 nitrogen and oxygen atoms in total. The number of halogens is 5. The molecule has 0 spiro atoms. The summed E-state index contributed by atoms with van der Waals surface area (Å²) in [6.45, 7) is -0.645. The van der Waals surface area contributed by atoms with E-state index in [9.17, 15) is 31.9 Å². The van der Waals surface area contributed by atoms with Crippen LogP contribution in [0.2, 0.25) is 0 Å². The van der Waals surface area contributed by atoms with Gasteiger partial charge in [-0.05, 0) is 17.7 Å². The lowest BCUT2D eigenvalue weighted by molar-refractivity contribution is -0.141. The first-order valence-corrected chi connectivity index (χ1v) is 8.74. The number of carbonyl (C=O) groups is 1. The van der Waals surface area contributed by atoms with Crippen molar-refractivity contribution < 1.29 is 31.9 Å². The molecular formula is C20H16F5N3O2. The minimum atomic E-state index is -5.15. The molecule has 2 aromatic carbocycles. The van der Waals surface area contributed by atoms with Gasteiger partial charge in [-0.3, -0.25) is 4.79 Å². The lowest BCUT2D eigenvalue weighted by Gasteiger charge is -2.18. The van der Waals surface area contributed by atoms with E-state index in [0.29, 0.717) is 10.2 Å². The van der Waals surface area contributed by atoms with Gasteiger partial charge in [0.2, 0.25) is 0 Å². The smallest absolute Gasteiger partial charge is 0.394 e. The molecule has 0 saturated carbocycles. The number of amides is 1. The second-order valence-electron chi connectivity index (χ2n) is 6.27. The number of aliphatic hydroxyl groups excluding tert-OH is 1. The number of nitrogens with zero attached hydrogens (tertiary/aromatic N) is 2. The predicted molar refractivity (Wildman–Crippen MR) is 97.3 cm³/mol. The van der Waals surface area contributed by atoms with E-state index < -0.39 is 48.1 Å². The molecule has 1 amide bonds. The molecule has 0 aliphatic rings. The Bertz CT molecular complexity index is 1000. The topological polar surface area (TPSA) is 67.2 Å². The molecule has 30 heavy (non-hydrogen) atoms. The average molecular weight is 425 g/mol. The van der Waals surface area contributed by atoms with Crippen LogP contribution in [0.5, 0.6) is 0 Å². The molecule has 0 aliphatic heterocycles. The van der Waals surface area contributed by atoms with Crippen molar-refractivity contribution in [2.45, 2.75) is 18.6 Å². The van der Waals surface area contributed by atoms with Gasteiger partial charge in [-0.25, -0.2) is 13.5 Å². The van der Waals surface area contributed by atoms with Gasteiger partial charge < -0.3 is 10.4 Å². The summed E-state index contributed by atoms with van der Waals surface area (Å²) < 4.78 is 68.8. The van der Waals surface area contributed by atoms with Crippen LogP contribution >= 0.6 is 0 Å². The second kappa shape index (κ2) is 8.62. The molecular weight excluding hydrogens is 409 g/mol. The maximum absolute atomic E-state index is 13.8. The van der Waals surface area contributed by atoms with Crippen molar-refractivity contribution in [3.8, 4) is 5.69 Å². The highest BCUT2D eigenvalue weighted by molar-refractivity contribution is 5.97. The molecule has 1 aromatic heterocycles. The zero-order chi connectivity index (χ0) is 21.9. The van der Waals surface area contributed by atoms with Gasteiger partial charge in [0.25, 0.3) is 12.3 Å². The van der Waals surface area contributed by atoms with Crippen LogP contribution in [0.3, 0.4) is 0 Å². The molecule has 0 fully saturated rings. The fraction of sp³-hybridized carbons (Fsp3) is 0.200. The van der Waals surface area contributed by atoms with Crippen molar-refractivity contribution in [3.05, 3.63) is 83.2 Å². The highest BCUT2D eigenvalue weighted by Crippen LogP contribution is 2.37. The number of aliphatic hydroxyl groups is 1. The molecule has 1 heterocycles. The van der Waals surface area contributed by atoms with Gasteiger partial charge in [0.1, 0.15) is 5.69 Å². The normalized spacial score (nSPS) is 12.8. The third-order valence-corrected chi connectivity index (χ3v) is 4.31. The Hall–Kier alpha value is -3.27. The van der Waals surface area contributed by atoms with Gasteiger partial charge >= 0.3 is 6.18 Å². The summed E-state index contributed by atoms with van der Waals surface area (Å²) in [5, 5.41) is 15.0. The SMILES string of the molecule is O=C(N[C@@H](CO)c1ccccc1)c1c(C(F)(F)F)nn(-c2ccccc2)c1C(F)F. The van der Waals surface area contributed by atoms with E-state index in [1.54, 1.807) is 24.3 Å². The molecule has 3 aromatic rings. The number of para-hydroxylation sites is 1. The molecule has 0 aliphatic carbocycles. The molecule has 2 N–H and O–H groups in total. The number of alkyl halides is 5. The summed E-state index contributed by atoms with van der Waals surface area (Å²) in [4.78, 5) is 12.7. The standard InChI is InChI=1S/C20H16F5N3O2/c21-18(22)16-15(19(30)26-14(11-29)12-7-3-1-4-8-12)17(20(23,24)25)27-28(16)13-9-5-2-6-10-13/h1-10,14,18,29H,11H2,(H,26,30)/t14-/m0/s1. The fourth-order valence-corrected chi connectivity index (χ4v) is 2.97. The van der Waals surface area contributed by atoms with Crippen LogP contribution in [0, 0.1) is 0 Å². The third-order valence-electron chi connectivity index (χ3n) is 4.31. The number of nitrogens with one attached hydrogen (secondary N) is 1. The minimum absolute atomic E-state index is 0.0564. The van der Waals surface area contributed by atoms with Crippen molar-refractivity contribution in [3.63, 3.8) is 0 Å². The number of rotatable bonds is 6. The molecule has 10 heteroatoms. The van der Waals surface area contributed by atoms with Crippen molar-refractivity contribution in [2.75, 3.05) is 6.61 Å². The quantitative estimate of drug-likeness (QED) is 0.579. The maximum atomic E-state index is 13.8. The first-order chi connectivity index (χ1) is 14.2. The highest BCUT2D eigenvalue weighted by Gasteiger charge is 2.43. The Morgan fingerprint density at radius 3 is 2.10 bits per heavy atom. The van der Waals surface area contributed by atoms with Gasteiger partial charge in [-0.2, -0.15) is 18.3 Å². The van der Waals surface area contributed by atoms with Gasteiger partial charge in [0.15, 0.2) is 5.69 Å². The number of benzene rings is 2. The van der Waals surface area contributed by atoms with Crippen LogP contribution < -0.4 is 5.32 Å². The van der Waals surface area contributed by atoms with Gasteiger partial charge in [-0.15, -0.1) is 0 Å². The first-order valence-electron chi connectivity index (χ1n) is 8.74. The Morgan fingerprint density at radius 2 is 1.60 bits per heavy atom. The lowest BCUT2D eigenvalue weighted by atomic mass is 10.1. The number of carbonyl (C=O) groups excluding carboxylic acids is 1. The zero-order valence-corrected chi connectivity index (χ0v) is 15.3. The number of hydrogen-bond donors (Lipinski definition) is 2. The van der Waals surface area contributed by atoms with Crippen molar-refractivity contribution in [1.29, 1.82) is 0 Å². The van der Waals surface area contributed by atoms with E-state index in [-0.39, 0.29) is 5.69 Å². The molecule has 0 saturated heterocycles.